The number of amides is 1. The summed E-state index contributed by atoms with van der Waals surface area (Å²) in [6.45, 7) is 3.49. The van der Waals surface area contributed by atoms with Gasteiger partial charge in [-0.3, -0.25) is 4.79 Å². The zero-order valence-electron chi connectivity index (χ0n) is 9.15. The van der Waals surface area contributed by atoms with Crippen LogP contribution in [0.15, 0.2) is 21.2 Å². The van der Waals surface area contributed by atoms with Crippen LogP contribution in [0.25, 0.3) is 0 Å². The molecule has 1 aliphatic rings. The summed E-state index contributed by atoms with van der Waals surface area (Å²) >= 11 is 3.18. The second kappa shape index (κ2) is 4.59. The van der Waals surface area contributed by atoms with E-state index in [1.807, 2.05) is 0 Å². The monoisotopic (exact) mass is 286 g/mol. The van der Waals surface area contributed by atoms with Crippen molar-refractivity contribution in [1.29, 1.82) is 0 Å². The van der Waals surface area contributed by atoms with Gasteiger partial charge in [-0.1, -0.05) is 6.92 Å². The lowest BCUT2D eigenvalue weighted by molar-refractivity contribution is 0.0639. The summed E-state index contributed by atoms with van der Waals surface area (Å²) in [6.07, 6.45) is 0.953. The highest BCUT2D eigenvalue weighted by atomic mass is 79.9. The Hall–Kier alpha value is -0.810. The molecule has 1 fully saturated rings. The highest BCUT2D eigenvalue weighted by Crippen LogP contribution is 2.20. The fourth-order valence-electron chi connectivity index (χ4n) is 1.87. The van der Waals surface area contributed by atoms with Crippen molar-refractivity contribution in [2.45, 2.75) is 19.4 Å². The molecule has 1 aliphatic heterocycles. The number of carbonyl (C=O) groups excluding carboxylic acids is 1. The number of nitrogens with two attached hydrogens (primary N) is 1. The molecule has 1 amide bonds. The molecule has 1 saturated heterocycles. The summed E-state index contributed by atoms with van der Waals surface area (Å²) in [5.41, 5.74) is 5.96. The predicted octanol–water partition coefficient (Wildman–Crippen LogP) is 1.85. The van der Waals surface area contributed by atoms with Crippen LogP contribution in [0.1, 0.15) is 23.9 Å². The van der Waals surface area contributed by atoms with E-state index in [4.69, 9.17) is 10.2 Å². The molecule has 2 atom stereocenters. The van der Waals surface area contributed by atoms with Gasteiger partial charge in [-0.05, 0) is 40.4 Å². The highest BCUT2D eigenvalue weighted by molar-refractivity contribution is 9.10. The third-order valence-corrected chi connectivity index (χ3v) is 3.51. The van der Waals surface area contributed by atoms with Crippen molar-refractivity contribution in [2.75, 3.05) is 13.1 Å². The lowest BCUT2D eigenvalue weighted by atomic mass is 9.94. The minimum absolute atomic E-state index is 0.0658. The fraction of sp³-hybridized carbons (Fsp3) is 0.545. The molecule has 2 rings (SSSR count). The zero-order valence-corrected chi connectivity index (χ0v) is 10.7. The number of rotatable bonds is 1. The van der Waals surface area contributed by atoms with Crippen LogP contribution < -0.4 is 5.73 Å². The van der Waals surface area contributed by atoms with E-state index in [9.17, 15) is 4.79 Å². The Kier molecular flexibility index (Phi) is 3.35. The minimum atomic E-state index is -0.0759. The van der Waals surface area contributed by atoms with Gasteiger partial charge in [0.2, 0.25) is 0 Å². The summed E-state index contributed by atoms with van der Waals surface area (Å²) in [5.74, 6) is 0.772. The Morgan fingerprint density at radius 2 is 2.38 bits per heavy atom. The van der Waals surface area contributed by atoms with E-state index < -0.39 is 0 Å². The number of hydrogen-bond acceptors (Lipinski definition) is 3. The maximum Gasteiger partial charge on any atom is 0.289 e. The normalized spacial score (nSPS) is 25.8. The molecular weight excluding hydrogens is 272 g/mol. The van der Waals surface area contributed by atoms with Crippen LogP contribution in [0.3, 0.4) is 0 Å². The van der Waals surface area contributed by atoms with Gasteiger partial charge in [0.15, 0.2) is 10.4 Å². The molecular formula is C11H15BrN2O2. The van der Waals surface area contributed by atoms with Gasteiger partial charge in [-0.15, -0.1) is 0 Å². The average molecular weight is 287 g/mol. The lowest BCUT2D eigenvalue weighted by Gasteiger charge is -2.34. The molecule has 2 N–H and O–H groups in total. The van der Waals surface area contributed by atoms with Crippen LogP contribution in [0.2, 0.25) is 0 Å². The number of hydrogen-bond donors (Lipinski definition) is 1. The van der Waals surface area contributed by atoms with Crippen molar-refractivity contribution >= 4 is 21.8 Å². The van der Waals surface area contributed by atoms with Crippen molar-refractivity contribution in [3.8, 4) is 0 Å². The van der Waals surface area contributed by atoms with Gasteiger partial charge in [-0.25, -0.2) is 0 Å². The van der Waals surface area contributed by atoms with Gasteiger partial charge in [0, 0.05) is 19.1 Å². The van der Waals surface area contributed by atoms with Crippen molar-refractivity contribution in [3.05, 3.63) is 22.6 Å². The molecule has 4 nitrogen and oxygen atoms in total. The number of piperidine rings is 1. The summed E-state index contributed by atoms with van der Waals surface area (Å²) < 4.78 is 5.82. The Morgan fingerprint density at radius 1 is 1.62 bits per heavy atom. The van der Waals surface area contributed by atoms with E-state index in [1.165, 1.54) is 0 Å². The smallest absolute Gasteiger partial charge is 0.289 e. The largest absolute Gasteiger partial charge is 0.444 e. The molecule has 1 aromatic heterocycles. The SMILES string of the molecule is CC1CCN(C(=O)c2ccc(Br)o2)CC1N. The third kappa shape index (κ3) is 2.30. The third-order valence-electron chi connectivity index (χ3n) is 3.09. The molecule has 2 unspecified atom stereocenters. The molecule has 5 heteroatoms. The van der Waals surface area contributed by atoms with Crippen LogP contribution in [-0.4, -0.2) is 29.9 Å². The van der Waals surface area contributed by atoms with Crippen LogP contribution in [-0.2, 0) is 0 Å². The molecule has 0 bridgehead atoms. The van der Waals surface area contributed by atoms with Gasteiger partial charge in [0.05, 0.1) is 0 Å². The molecule has 16 heavy (non-hydrogen) atoms. The Balaban J connectivity index is 2.06. The molecule has 0 radical (unpaired) electrons. The van der Waals surface area contributed by atoms with Gasteiger partial charge >= 0.3 is 0 Å². The van der Waals surface area contributed by atoms with Gasteiger partial charge in [-0.2, -0.15) is 0 Å². The molecule has 0 aromatic carbocycles. The minimum Gasteiger partial charge on any atom is -0.444 e. The van der Waals surface area contributed by atoms with Crippen LogP contribution >= 0.6 is 15.9 Å². The molecule has 0 saturated carbocycles. The lowest BCUT2D eigenvalue weighted by Crippen LogP contribution is -2.49. The van der Waals surface area contributed by atoms with E-state index in [1.54, 1.807) is 17.0 Å². The van der Waals surface area contributed by atoms with Crippen LogP contribution in [0.4, 0.5) is 0 Å². The Bertz CT molecular complexity index is 391. The number of likely N-dealkylation sites (tertiary alicyclic amines) is 1. The molecule has 1 aromatic rings. The first-order valence-corrected chi connectivity index (χ1v) is 6.17. The maximum absolute atomic E-state index is 12.0. The van der Waals surface area contributed by atoms with E-state index in [-0.39, 0.29) is 11.9 Å². The molecule has 0 spiro atoms. The van der Waals surface area contributed by atoms with Gasteiger partial charge < -0.3 is 15.1 Å². The molecule has 88 valence electrons. The topological polar surface area (TPSA) is 59.5 Å². The van der Waals surface area contributed by atoms with E-state index in [2.05, 4.69) is 22.9 Å². The van der Waals surface area contributed by atoms with Crippen LogP contribution in [0, 0.1) is 5.92 Å². The quantitative estimate of drug-likeness (QED) is 0.857. The summed E-state index contributed by atoms with van der Waals surface area (Å²) in [7, 11) is 0. The highest BCUT2D eigenvalue weighted by Gasteiger charge is 2.28. The summed E-state index contributed by atoms with van der Waals surface area (Å²) in [6, 6.07) is 3.46. The average Bonchev–Trinajstić information content (AvgIpc) is 2.68. The maximum atomic E-state index is 12.0. The number of carbonyl (C=O) groups is 1. The first kappa shape index (κ1) is 11.7. The van der Waals surface area contributed by atoms with Crippen molar-refractivity contribution in [2.24, 2.45) is 11.7 Å². The summed E-state index contributed by atoms with van der Waals surface area (Å²) in [5, 5.41) is 0. The second-order valence-electron chi connectivity index (χ2n) is 4.28. The predicted molar refractivity (Wildman–Crippen MR) is 64.1 cm³/mol. The van der Waals surface area contributed by atoms with Gasteiger partial charge in [0.25, 0.3) is 5.91 Å². The number of halogens is 1. The number of furan rings is 1. The molecule has 2 heterocycles. The van der Waals surface area contributed by atoms with Crippen molar-refractivity contribution in [1.82, 2.24) is 4.90 Å². The first-order valence-electron chi connectivity index (χ1n) is 5.38. The Labute approximate surface area is 103 Å². The van der Waals surface area contributed by atoms with Crippen molar-refractivity contribution < 1.29 is 9.21 Å². The van der Waals surface area contributed by atoms with Crippen molar-refractivity contribution in [3.63, 3.8) is 0 Å². The van der Waals surface area contributed by atoms with Gasteiger partial charge in [0.1, 0.15) is 0 Å². The van der Waals surface area contributed by atoms with E-state index in [0.29, 0.717) is 22.9 Å². The van der Waals surface area contributed by atoms with Crippen LogP contribution in [0.5, 0.6) is 0 Å². The number of nitrogens with zero attached hydrogens (tertiary/aromatic N) is 1. The fourth-order valence-corrected chi connectivity index (χ4v) is 2.18. The summed E-state index contributed by atoms with van der Waals surface area (Å²) in [4.78, 5) is 13.8. The first-order chi connectivity index (χ1) is 7.58. The standard InChI is InChI=1S/C11H15BrN2O2/c1-7-4-5-14(6-8(7)13)11(15)9-2-3-10(12)16-9/h2-3,7-8H,4-6,13H2,1H3. The van der Waals surface area contributed by atoms with E-state index in [0.717, 1.165) is 13.0 Å². The van der Waals surface area contributed by atoms with E-state index >= 15 is 0 Å². The Morgan fingerprint density at radius 3 is 2.94 bits per heavy atom. The zero-order chi connectivity index (χ0) is 11.7. The second-order valence-corrected chi connectivity index (χ2v) is 5.07. The molecule has 0 aliphatic carbocycles.